The average Bonchev–Trinajstić information content (AvgIpc) is 2.66. The van der Waals surface area contributed by atoms with Gasteiger partial charge in [-0.2, -0.15) is 0 Å². The van der Waals surface area contributed by atoms with Crippen molar-refractivity contribution in [2.45, 2.75) is 58.3 Å². The Morgan fingerprint density at radius 2 is 1.73 bits per heavy atom. The average molecular weight is 360 g/mol. The molecule has 0 spiro atoms. The van der Waals surface area contributed by atoms with Gasteiger partial charge in [0.15, 0.2) is 6.61 Å². The number of hydrogen-bond donors (Lipinski definition) is 2. The first-order chi connectivity index (χ1) is 12.5. The van der Waals surface area contributed by atoms with Gasteiger partial charge in [-0.05, 0) is 37.8 Å². The van der Waals surface area contributed by atoms with Crippen LogP contribution in [-0.2, 0) is 14.3 Å². The summed E-state index contributed by atoms with van der Waals surface area (Å²) in [5.41, 5.74) is 6.02. The molecule has 1 saturated carbocycles. The van der Waals surface area contributed by atoms with Gasteiger partial charge < -0.3 is 4.74 Å². The first-order valence-electron chi connectivity index (χ1n) is 9.36. The van der Waals surface area contributed by atoms with E-state index in [0.29, 0.717) is 12.0 Å². The number of nitrogens with one attached hydrogen (secondary N) is 2. The lowest BCUT2D eigenvalue weighted by Gasteiger charge is -2.20. The van der Waals surface area contributed by atoms with E-state index < -0.39 is 18.4 Å². The first kappa shape index (κ1) is 19.9. The van der Waals surface area contributed by atoms with Gasteiger partial charge in [-0.15, -0.1) is 0 Å². The molecule has 0 radical (unpaired) electrons. The quantitative estimate of drug-likeness (QED) is 0.578. The fourth-order valence-corrected chi connectivity index (χ4v) is 3.17. The highest BCUT2D eigenvalue weighted by molar-refractivity contribution is 5.95. The van der Waals surface area contributed by atoms with Crippen molar-refractivity contribution in [1.82, 2.24) is 10.9 Å². The van der Waals surface area contributed by atoms with E-state index >= 15 is 0 Å². The molecular formula is C20H28N2O4. The number of rotatable bonds is 7. The minimum absolute atomic E-state index is 0.333. The second-order valence-electron chi connectivity index (χ2n) is 6.93. The lowest BCUT2D eigenvalue weighted by Crippen LogP contribution is -2.43. The Labute approximate surface area is 154 Å². The second-order valence-corrected chi connectivity index (χ2v) is 6.93. The normalized spacial score (nSPS) is 14.5. The van der Waals surface area contributed by atoms with Crippen LogP contribution in [0.25, 0.3) is 0 Å². The number of esters is 1. The van der Waals surface area contributed by atoms with Gasteiger partial charge in [0.25, 0.3) is 11.8 Å². The molecular weight excluding hydrogens is 332 g/mol. The van der Waals surface area contributed by atoms with Crippen LogP contribution in [0.2, 0.25) is 0 Å². The fourth-order valence-electron chi connectivity index (χ4n) is 3.17. The molecule has 0 aliphatic heterocycles. The van der Waals surface area contributed by atoms with Crippen LogP contribution < -0.4 is 10.9 Å². The molecule has 1 aromatic carbocycles. The summed E-state index contributed by atoms with van der Waals surface area (Å²) >= 11 is 0. The highest BCUT2D eigenvalue weighted by Crippen LogP contribution is 2.27. The molecule has 6 heteroatoms. The van der Waals surface area contributed by atoms with Crippen molar-refractivity contribution in [3.05, 3.63) is 35.4 Å². The van der Waals surface area contributed by atoms with Crippen LogP contribution in [0.15, 0.2) is 24.3 Å². The van der Waals surface area contributed by atoms with E-state index in [1.807, 2.05) is 19.1 Å². The predicted octanol–water partition coefficient (Wildman–Crippen LogP) is 3.05. The Kier molecular flexibility index (Phi) is 8.12. The van der Waals surface area contributed by atoms with Crippen molar-refractivity contribution in [2.24, 2.45) is 5.92 Å². The number of benzene rings is 1. The molecule has 2 N–H and O–H groups in total. The summed E-state index contributed by atoms with van der Waals surface area (Å²) in [6.45, 7) is 1.53. The van der Waals surface area contributed by atoms with Gasteiger partial charge in [0.1, 0.15) is 0 Å². The van der Waals surface area contributed by atoms with Gasteiger partial charge in [0.05, 0.1) is 0 Å². The SMILES string of the molecule is Cc1ccc(C(=O)NNC(=O)COC(=O)CCCC2CCCCC2)cc1. The number of hydrogen-bond acceptors (Lipinski definition) is 4. The summed E-state index contributed by atoms with van der Waals surface area (Å²) in [6, 6.07) is 6.96. The van der Waals surface area contributed by atoms with Crippen molar-refractivity contribution >= 4 is 17.8 Å². The van der Waals surface area contributed by atoms with Crippen LogP contribution in [0.3, 0.4) is 0 Å². The molecule has 0 unspecified atom stereocenters. The molecule has 1 aliphatic carbocycles. The van der Waals surface area contributed by atoms with E-state index in [1.54, 1.807) is 12.1 Å². The maximum atomic E-state index is 11.9. The van der Waals surface area contributed by atoms with Gasteiger partial charge in [-0.3, -0.25) is 25.2 Å². The molecule has 2 amide bonds. The molecule has 0 atom stereocenters. The molecule has 0 aromatic heterocycles. The Hall–Kier alpha value is -2.37. The standard InChI is InChI=1S/C20H28N2O4/c1-15-10-12-17(13-11-15)20(25)22-21-18(23)14-26-19(24)9-5-8-16-6-3-2-4-7-16/h10-13,16H,2-9,14H2,1H3,(H,21,23)(H,22,25). The van der Waals surface area contributed by atoms with Crippen molar-refractivity contribution in [3.8, 4) is 0 Å². The molecule has 6 nitrogen and oxygen atoms in total. The highest BCUT2D eigenvalue weighted by atomic mass is 16.5. The lowest BCUT2D eigenvalue weighted by atomic mass is 9.86. The summed E-state index contributed by atoms with van der Waals surface area (Å²) in [4.78, 5) is 35.2. The van der Waals surface area contributed by atoms with Crippen LogP contribution in [0.1, 0.15) is 67.3 Å². The molecule has 142 valence electrons. The number of carbonyl (C=O) groups is 3. The zero-order chi connectivity index (χ0) is 18.8. The maximum absolute atomic E-state index is 11.9. The summed E-state index contributed by atoms with van der Waals surface area (Å²) in [7, 11) is 0. The lowest BCUT2D eigenvalue weighted by molar-refractivity contribution is -0.148. The third-order valence-electron chi connectivity index (χ3n) is 4.71. The fraction of sp³-hybridized carbons (Fsp3) is 0.550. The third kappa shape index (κ3) is 7.25. The monoisotopic (exact) mass is 360 g/mol. The van der Waals surface area contributed by atoms with E-state index in [-0.39, 0.29) is 5.97 Å². The van der Waals surface area contributed by atoms with Crippen LogP contribution in [0.5, 0.6) is 0 Å². The molecule has 0 saturated heterocycles. The number of amides is 2. The summed E-state index contributed by atoms with van der Waals surface area (Å²) in [5.74, 6) is -0.624. The van der Waals surface area contributed by atoms with E-state index in [2.05, 4.69) is 10.9 Å². The first-order valence-corrected chi connectivity index (χ1v) is 9.36. The Morgan fingerprint density at radius 3 is 2.42 bits per heavy atom. The van der Waals surface area contributed by atoms with E-state index in [1.165, 1.54) is 32.1 Å². The Morgan fingerprint density at radius 1 is 1.04 bits per heavy atom. The summed E-state index contributed by atoms with van der Waals surface area (Å²) in [5, 5.41) is 0. The maximum Gasteiger partial charge on any atom is 0.306 e. The van der Waals surface area contributed by atoms with E-state index in [4.69, 9.17) is 4.74 Å². The van der Waals surface area contributed by atoms with Crippen LogP contribution in [-0.4, -0.2) is 24.4 Å². The Balaban J connectivity index is 1.56. The Bertz CT molecular complexity index is 607. The molecule has 2 rings (SSSR count). The van der Waals surface area contributed by atoms with Crippen molar-refractivity contribution in [2.75, 3.05) is 6.61 Å². The predicted molar refractivity (Wildman–Crippen MR) is 98.2 cm³/mol. The van der Waals surface area contributed by atoms with E-state index in [9.17, 15) is 14.4 Å². The molecule has 1 aliphatic rings. The van der Waals surface area contributed by atoms with Crippen LogP contribution >= 0.6 is 0 Å². The molecule has 1 fully saturated rings. The molecule has 0 heterocycles. The molecule has 26 heavy (non-hydrogen) atoms. The van der Waals surface area contributed by atoms with Crippen LogP contribution in [0.4, 0.5) is 0 Å². The zero-order valence-electron chi connectivity index (χ0n) is 15.4. The van der Waals surface area contributed by atoms with Gasteiger partial charge in [-0.1, -0.05) is 49.8 Å². The van der Waals surface area contributed by atoms with Gasteiger partial charge >= 0.3 is 5.97 Å². The van der Waals surface area contributed by atoms with Gasteiger partial charge in [0, 0.05) is 12.0 Å². The van der Waals surface area contributed by atoms with Gasteiger partial charge in [-0.25, -0.2) is 0 Å². The second kappa shape index (κ2) is 10.6. The summed E-state index contributed by atoms with van der Waals surface area (Å²) < 4.78 is 4.94. The van der Waals surface area contributed by atoms with Crippen molar-refractivity contribution in [1.29, 1.82) is 0 Å². The largest absolute Gasteiger partial charge is 0.455 e. The number of hydrazine groups is 1. The van der Waals surface area contributed by atoms with Crippen molar-refractivity contribution < 1.29 is 19.1 Å². The minimum Gasteiger partial charge on any atom is -0.455 e. The number of aryl methyl sites for hydroxylation is 1. The highest BCUT2D eigenvalue weighted by Gasteiger charge is 2.14. The van der Waals surface area contributed by atoms with Gasteiger partial charge in [0.2, 0.25) is 0 Å². The van der Waals surface area contributed by atoms with Crippen molar-refractivity contribution in [3.63, 3.8) is 0 Å². The molecule has 1 aromatic rings. The van der Waals surface area contributed by atoms with E-state index in [0.717, 1.165) is 24.3 Å². The topological polar surface area (TPSA) is 84.5 Å². The molecule has 0 bridgehead atoms. The smallest absolute Gasteiger partial charge is 0.306 e. The third-order valence-corrected chi connectivity index (χ3v) is 4.71. The zero-order valence-corrected chi connectivity index (χ0v) is 15.4. The minimum atomic E-state index is -0.564. The number of carbonyl (C=O) groups excluding carboxylic acids is 3. The summed E-state index contributed by atoms with van der Waals surface area (Å²) in [6.07, 6.45) is 8.63. The number of ether oxygens (including phenoxy) is 1. The van der Waals surface area contributed by atoms with Crippen LogP contribution in [0, 0.1) is 12.8 Å².